The molecular formula is C17H28IN5OS. The summed E-state index contributed by atoms with van der Waals surface area (Å²) in [6.07, 6.45) is 3.85. The van der Waals surface area contributed by atoms with Crippen molar-refractivity contribution >= 4 is 41.7 Å². The summed E-state index contributed by atoms with van der Waals surface area (Å²) in [6, 6.07) is 5.96. The molecule has 0 radical (unpaired) electrons. The first-order valence-corrected chi connectivity index (χ1v) is 9.78. The van der Waals surface area contributed by atoms with Crippen molar-refractivity contribution in [3.8, 4) is 0 Å². The van der Waals surface area contributed by atoms with Gasteiger partial charge in [0.25, 0.3) is 0 Å². The lowest BCUT2D eigenvalue weighted by Gasteiger charge is -2.42. The minimum atomic E-state index is 0. The number of aromatic nitrogens is 1. The number of guanidine groups is 1. The van der Waals surface area contributed by atoms with Crippen LogP contribution in [0.25, 0.3) is 0 Å². The van der Waals surface area contributed by atoms with E-state index in [1.807, 2.05) is 36.2 Å². The van der Waals surface area contributed by atoms with E-state index in [1.54, 1.807) is 0 Å². The zero-order valence-electron chi connectivity index (χ0n) is 14.5. The van der Waals surface area contributed by atoms with E-state index in [0.717, 1.165) is 57.3 Å². The smallest absolute Gasteiger partial charge is 0.188 e. The molecule has 3 N–H and O–H groups in total. The van der Waals surface area contributed by atoms with E-state index >= 15 is 0 Å². The number of nitrogens with one attached hydrogen (secondary N) is 1. The zero-order chi connectivity index (χ0) is 16.7. The molecule has 3 rings (SSSR count). The third-order valence-corrected chi connectivity index (χ3v) is 5.96. The molecule has 1 aromatic rings. The van der Waals surface area contributed by atoms with Crippen LogP contribution in [0.5, 0.6) is 0 Å². The fourth-order valence-electron chi connectivity index (χ4n) is 3.26. The number of ether oxygens (including phenoxy) is 1. The van der Waals surface area contributed by atoms with Crippen LogP contribution < -0.4 is 11.1 Å². The van der Waals surface area contributed by atoms with Crippen molar-refractivity contribution in [1.29, 1.82) is 0 Å². The lowest BCUT2D eigenvalue weighted by atomic mass is 9.96. The first-order chi connectivity index (χ1) is 11.8. The van der Waals surface area contributed by atoms with E-state index in [0.29, 0.717) is 5.96 Å². The highest BCUT2D eigenvalue weighted by molar-refractivity contribution is 14.0. The van der Waals surface area contributed by atoms with Gasteiger partial charge in [-0.1, -0.05) is 6.07 Å². The van der Waals surface area contributed by atoms with Gasteiger partial charge in [-0.05, 0) is 24.3 Å². The van der Waals surface area contributed by atoms with Crippen LogP contribution in [0.4, 0.5) is 0 Å². The SMILES string of the molecule is I.NC(=NCC1(N2CCOCC2)CCSC1)NCCc1ccccn1. The average molecular weight is 477 g/mol. The van der Waals surface area contributed by atoms with Gasteiger partial charge in [0, 0.05) is 43.7 Å². The van der Waals surface area contributed by atoms with Gasteiger partial charge in [0.15, 0.2) is 5.96 Å². The lowest BCUT2D eigenvalue weighted by Crippen LogP contribution is -2.56. The maximum absolute atomic E-state index is 6.07. The predicted octanol–water partition coefficient (Wildman–Crippen LogP) is 1.35. The van der Waals surface area contributed by atoms with Gasteiger partial charge < -0.3 is 15.8 Å². The quantitative estimate of drug-likeness (QED) is 0.366. The fraction of sp³-hybridized carbons (Fsp3) is 0.647. The molecule has 0 bridgehead atoms. The van der Waals surface area contributed by atoms with Gasteiger partial charge >= 0.3 is 0 Å². The van der Waals surface area contributed by atoms with Crippen LogP contribution >= 0.6 is 35.7 Å². The molecule has 25 heavy (non-hydrogen) atoms. The summed E-state index contributed by atoms with van der Waals surface area (Å²) in [6.45, 7) is 5.18. The molecule has 3 heterocycles. The first kappa shape index (κ1) is 20.7. The summed E-state index contributed by atoms with van der Waals surface area (Å²) < 4.78 is 5.50. The summed E-state index contributed by atoms with van der Waals surface area (Å²) >= 11 is 2.02. The van der Waals surface area contributed by atoms with E-state index < -0.39 is 0 Å². The number of morpholine rings is 1. The monoisotopic (exact) mass is 477 g/mol. The van der Waals surface area contributed by atoms with Crippen molar-refractivity contribution in [3.63, 3.8) is 0 Å². The number of aliphatic imine (C=N–C) groups is 1. The Bertz CT molecular complexity index is 533. The Labute approximate surface area is 171 Å². The van der Waals surface area contributed by atoms with Gasteiger partial charge in [0.1, 0.15) is 0 Å². The Morgan fingerprint density at radius 1 is 1.40 bits per heavy atom. The van der Waals surface area contributed by atoms with Crippen molar-refractivity contribution in [2.75, 3.05) is 50.9 Å². The number of hydrogen-bond acceptors (Lipinski definition) is 5. The normalized spacial score (nSPS) is 24.7. The fourth-order valence-corrected chi connectivity index (χ4v) is 4.73. The average Bonchev–Trinajstić information content (AvgIpc) is 3.12. The number of nitrogens with zero attached hydrogens (tertiary/aromatic N) is 3. The maximum Gasteiger partial charge on any atom is 0.188 e. The minimum absolute atomic E-state index is 0. The maximum atomic E-state index is 6.07. The van der Waals surface area contributed by atoms with Crippen LogP contribution in [0.2, 0.25) is 0 Å². The van der Waals surface area contributed by atoms with Crippen molar-refractivity contribution in [2.45, 2.75) is 18.4 Å². The van der Waals surface area contributed by atoms with Crippen LogP contribution in [-0.4, -0.2) is 72.3 Å². The zero-order valence-corrected chi connectivity index (χ0v) is 17.7. The lowest BCUT2D eigenvalue weighted by molar-refractivity contribution is -0.0104. The second-order valence-electron chi connectivity index (χ2n) is 6.33. The van der Waals surface area contributed by atoms with Crippen molar-refractivity contribution in [3.05, 3.63) is 30.1 Å². The number of hydrogen-bond donors (Lipinski definition) is 2. The molecule has 1 atom stereocenters. The highest BCUT2D eigenvalue weighted by atomic mass is 127. The van der Waals surface area contributed by atoms with Crippen LogP contribution in [0.1, 0.15) is 12.1 Å². The van der Waals surface area contributed by atoms with Gasteiger partial charge in [0.2, 0.25) is 0 Å². The molecule has 0 amide bonds. The van der Waals surface area contributed by atoms with E-state index in [4.69, 9.17) is 10.5 Å². The van der Waals surface area contributed by atoms with Gasteiger partial charge in [-0.2, -0.15) is 11.8 Å². The number of rotatable bonds is 6. The van der Waals surface area contributed by atoms with Crippen molar-refractivity contribution in [1.82, 2.24) is 15.2 Å². The Balaban J connectivity index is 0.00000225. The number of halogens is 1. The summed E-state index contributed by atoms with van der Waals surface area (Å²) in [4.78, 5) is 11.5. The Hall–Kier alpha value is -0.580. The largest absolute Gasteiger partial charge is 0.379 e. The molecule has 0 spiro atoms. The molecule has 2 aliphatic heterocycles. The second-order valence-corrected chi connectivity index (χ2v) is 7.43. The molecule has 140 valence electrons. The summed E-state index contributed by atoms with van der Waals surface area (Å²) in [7, 11) is 0. The summed E-state index contributed by atoms with van der Waals surface area (Å²) in [5, 5.41) is 3.21. The highest BCUT2D eigenvalue weighted by Gasteiger charge is 2.40. The van der Waals surface area contributed by atoms with Gasteiger partial charge in [-0.25, -0.2) is 0 Å². The molecule has 2 aliphatic rings. The Morgan fingerprint density at radius 2 is 2.24 bits per heavy atom. The summed E-state index contributed by atoms with van der Waals surface area (Å²) in [5.41, 5.74) is 7.29. The van der Waals surface area contributed by atoms with E-state index in [2.05, 4.69) is 20.2 Å². The minimum Gasteiger partial charge on any atom is -0.379 e. The van der Waals surface area contributed by atoms with E-state index in [-0.39, 0.29) is 29.5 Å². The molecule has 0 saturated carbocycles. The Kier molecular flexibility index (Phi) is 8.74. The molecule has 1 aromatic heterocycles. The third-order valence-electron chi connectivity index (χ3n) is 4.72. The van der Waals surface area contributed by atoms with Gasteiger partial charge in [0.05, 0.1) is 25.3 Å². The second kappa shape index (κ2) is 10.5. The van der Waals surface area contributed by atoms with E-state index in [9.17, 15) is 0 Å². The predicted molar refractivity (Wildman–Crippen MR) is 115 cm³/mol. The van der Waals surface area contributed by atoms with Crippen molar-refractivity contribution in [2.24, 2.45) is 10.7 Å². The molecule has 2 fully saturated rings. The topological polar surface area (TPSA) is 75.8 Å². The van der Waals surface area contributed by atoms with E-state index in [1.165, 1.54) is 12.2 Å². The molecule has 2 saturated heterocycles. The number of thioether (sulfide) groups is 1. The molecule has 1 unspecified atom stereocenters. The molecule has 8 heteroatoms. The standard InChI is InChI=1S/C17H27N5OS.HI/c18-16(20-7-4-15-3-1-2-6-19-15)21-13-17(5-12-24-14-17)22-8-10-23-11-9-22;/h1-3,6H,4-5,7-14H2,(H3,18,20,21);1H. The first-order valence-electron chi connectivity index (χ1n) is 8.63. The van der Waals surface area contributed by atoms with Crippen LogP contribution in [0.3, 0.4) is 0 Å². The number of nitrogens with two attached hydrogens (primary N) is 1. The Morgan fingerprint density at radius 3 is 2.92 bits per heavy atom. The number of pyridine rings is 1. The molecule has 0 aromatic carbocycles. The van der Waals surface area contributed by atoms with Crippen LogP contribution in [0.15, 0.2) is 29.4 Å². The molecule has 6 nitrogen and oxygen atoms in total. The van der Waals surface area contributed by atoms with Gasteiger partial charge in [-0.15, -0.1) is 24.0 Å². The van der Waals surface area contributed by atoms with Crippen LogP contribution in [-0.2, 0) is 11.2 Å². The van der Waals surface area contributed by atoms with Crippen LogP contribution in [0, 0.1) is 0 Å². The third kappa shape index (κ3) is 5.97. The van der Waals surface area contributed by atoms with Crippen molar-refractivity contribution < 1.29 is 4.74 Å². The molecule has 0 aliphatic carbocycles. The van der Waals surface area contributed by atoms with Gasteiger partial charge in [-0.3, -0.25) is 14.9 Å². The molecular weight excluding hydrogens is 449 g/mol. The summed E-state index contributed by atoms with van der Waals surface area (Å²) in [5.74, 6) is 2.88. The highest BCUT2D eigenvalue weighted by Crippen LogP contribution is 2.34.